The zero-order valence-corrected chi connectivity index (χ0v) is 23.4. The van der Waals surface area contributed by atoms with Crippen LogP contribution in [0.1, 0.15) is 129 Å². The second-order valence-corrected chi connectivity index (χ2v) is 10.0. The van der Waals surface area contributed by atoms with Gasteiger partial charge in [-0.1, -0.05) is 120 Å². The summed E-state index contributed by atoms with van der Waals surface area (Å²) in [7, 11) is 0. The second-order valence-electron chi connectivity index (χ2n) is 10.0. The number of allylic oxidation sites excluding steroid dienone is 5. The van der Waals surface area contributed by atoms with Crippen LogP contribution in [-0.4, -0.2) is 46.1 Å². The molecular weight excluding hydrogens is 450 g/mol. The third kappa shape index (κ3) is 23.0. The smallest absolute Gasteiger partial charge is 0.222 e. The summed E-state index contributed by atoms with van der Waals surface area (Å²) in [6.45, 7) is 3.92. The zero-order chi connectivity index (χ0) is 26.7. The van der Waals surface area contributed by atoms with Gasteiger partial charge in [0.05, 0.1) is 31.3 Å². The van der Waals surface area contributed by atoms with Crippen molar-refractivity contribution in [1.82, 2.24) is 5.32 Å². The molecular formula is C31H57NO4. The van der Waals surface area contributed by atoms with Gasteiger partial charge in [0.1, 0.15) is 0 Å². The van der Waals surface area contributed by atoms with Crippen LogP contribution in [0.25, 0.3) is 0 Å². The van der Waals surface area contributed by atoms with Crippen LogP contribution < -0.4 is 5.32 Å². The van der Waals surface area contributed by atoms with Crippen molar-refractivity contribution in [3.8, 4) is 0 Å². The monoisotopic (exact) mass is 507 g/mol. The Hall–Kier alpha value is -1.43. The van der Waals surface area contributed by atoms with E-state index in [9.17, 15) is 20.1 Å². The lowest BCUT2D eigenvalue weighted by Crippen LogP contribution is -2.45. The standard InChI is InChI=1S/C31H57NO4/c1-3-5-7-9-11-13-14-15-17-18-20-22-24-28(34)26-31(36)32-29(27-33)30(35)25-23-21-19-16-12-10-8-6-4-2/h4,6,12,16,23,25,28-30,33-35H,3,5,7-11,13-15,17-22,24,26-27H2,1-2H3,(H,32,36)/b6-4+,16-12+,25-23+. The molecule has 0 aromatic carbocycles. The summed E-state index contributed by atoms with van der Waals surface area (Å²) in [4.78, 5) is 12.2. The molecule has 0 aromatic heterocycles. The maximum absolute atomic E-state index is 12.2. The Balaban J connectivity index is 3.85. The van der Waals surface area contributed by atoms with Gasteiger partial charge in [-0.3, -0.25) is 4.79 Å². The minimum Gasteiger partial charge on any atom is -0.394 e. The molecule has 3 unspecified atom stereocenters. The third-order valence-electron chi connectivity index (χ3n) is 6.50. The quantitative estimate of drug-likeness (QED) is 0.0798. The molecule has 0 fully saturated rings. The van der Waals surface area contributed by atoms with Gasteiger partial charge in [-0.15, -0.1) is 0 Å². The highest BCUT2D eigenvalue weighted by Crippen LogP contribution is 2.13. The Labute approximate surface area is 222 Å². The van der Waals surface area contributed by atoms with Crippen LogP contribution in [-0.2, 0) is 4.79 Å². The van der Waals surface area contributed by atoms with Crippen molar-refractivity contribution < 1.29 is 20.1 Å². The zero-order valence-electron chi connectivity index (χ0n) is 23.4. The molecule has 3 atom stereocenters. The third-order valence-corrected chi connectivity index (χ3v) is 6.50. The Morgan fingerprint density at radius 3 is 1.78 bits per heavy atom. The molecule has 0 aliphatic rings. The maximum atomic E-state index is 12.2. The minimum absolute atomic E-state index is 0.00296. The lowest BCUT2D eigenvalue weighted by Gasteiger charge is -2.21. The largest absolute Gasteiger partial charge is 0.394 e. The van der Waals surface area contributed by atoms with E-state index >= 15 is 0 Å². The number of carbonyl (C=O) groups is 1. The van der Waals surface area contributed by atoms with Crippen LogP contribution in [0.4, 0.5) is 0 Å². The molecule has 5 heteroatoms. The summed E-state index contributed by atoms with van der Waals surface area (Å²) in [6.07, 6.45) is 29.9. The van der Waals surface area contributed by atoms with Crippen molar-refractivity contribution >= 4 is 5.91 Å². The van der Waals surface area contributed by atoms with Crippen molar-refractivity contribution in [1.29, 1.82) is 0 Å². The van der Waals surface area contributed by atoms with E-state index in [0.717, 1.165) is 38.5 Å². The number of carbonyl (C=O) groups excluding carboxylic acids is 1. The fraction of sp³-hybridized carbons (Fsp3) is 0.774. The topological polar surface area (TPSA) is 89.8 Å². The van der Waals surface area contributed by atoms with E-state index in [1.807, 2.05) is 13.0 Å². The summed E-state index contributed by atoms with van der Waals surface area (Å²) >= 11 is 0. The number of hydrogen-bond donors (Lipinski definition) is 4. The molecule has 1 amide bonds. The number of rotatable bonds is 25. The maximum Gasteiger partial charge on any atom is 0.222 e. The van der Waals surface area contributed by atoms with Crippen LogP contribution >= 0.6 is 0 Å². The Kier molecular flexibility index (Phi) is 25.6. The molecule has 0 saturated carbocycles. The number of nitrogens with one attached hydrogen (secondary N) is 1. The Morgan fingerprint density at radius 2 is 1.25 bits per heavy atom. The lowest BCUT2D eigenvalue weighted by molar-refractivity contribution is -0.124. The molecule has 4 N–H and O–H groups in total. The average Bonchev–Trinajstić information content (AvgIpc) is 2.86. The van der Waals surface area contributed by atoms with Gasteiger partial charge in [-0.25, -0.2) is 0 Å². The molecule has 0 spiro atoms. The van der Waals surface area contributed by atoms with Gasteiger partial charge < -0.3 is 20.6 Å². The lowest BCUT2D eigenvalue weighted by atomic mass is 10.0. The first-order valence-electron chi connectivity index (χ1n) is 14.7. The Morgan fingerprint density at radius 1 is 0.750 bits per heavy atom. The van der Waals surface area contributed by atoms with Crippen molar-refractivity contribution in [3.05, 3.63) is 36.5 Å². The van der Waals surface area contributed by atoms with E-state index in [2.05, 4.69) is 36.5 Å². The van der Waals surface area contributed by atoms with Gasteiger partial charge >= 0.3 is 0 Å². The van der Waals surface area contributed by atoms with Crippen molar-refractivity contribution in [2.75, 3.05) is 6.61 Å². The SMILES string of the molecule is C/C=C/CC/C=C/CC/C=C/C(O)C(CO)NC(=O)CC(O)CCCCCCCCCCCCCC. The van der Waals surface area contributed by atoms with Crippen LogP contribution in [0.3, 0.4) is 0 Å². The van der Waals surface area contributed by atoms with Crippen LogP contribution in [0.15, 0.2) is 36.5 Å². The van der Waals surface area contributed by atoms with Gasteiger partial charge in [-0.2, -0.15) is 0 Å². The molecule has 0 radical (unpaired) electrons. The number of amides is 1. The predicted octanol–water partition coefficient (Wildman–Crippen LogP) is 6.92. The molecule has 0 aliphatic carbocycles. The first kappa shape index (κ1) is 34.6. The van der Waals surface area contributed by atoms with Gasteiger partial charge in [0.25, 0.3) is 0 Å². The normalized spacial score (nSPS) is 14.7. The Bertz CT molecular complexity index is 573. The minimum atomic E-state index is -0.953. The summed E-state index contributed by atoms with van der Waals surface area (Å²) < 4.78 is 0. The predicted molar refractivity (Wildman–Crippen MR) is 153 cm³/mol. The van der Waals surface area contributed by atoms with E-state index < -0.39 is 18.2 Å². The van der Waals surface area contributed by atoms with Gasteiger partial charge in [0.15, 0.2) is 0 Å². The molecule has 0 heterocycles. The van der Waals surface area contributed by atoms with E-state index in [-0.39, 0.29) is 18.9 Å². The van der Waals surface area contributed by atoms with E-state index in [1.165, 1.54) is 64.2 Å². The second kappa shape index (κ2) is 26.6. The molecule has 0 bridgehead atoms. The highest BCUT2D eigenvalue weighted by atomic mass is 16.3. The fourth-order valence-corrected chi connectivity index (χ4v) is 4.20. The van der Waals surface area contributed by atoms with E-state index in [4.69, 9.17) is 0 Å². The van der Waals surface area contributed by atoms with Crippen LogP contribution in [0.5, 0.6) is 0 Å². The van der Waals surface area contributed by atoms with E-state index in [0.29, 0.717) is 6.42 Å². The van der Waals surface area contributed by atoms with Crippen LogP contribution in [0, 0.1) is 0 Å². The number of aliphatic hydroxyl groups is 3. The first-order valence-corrected chi connectivity index (χ1v) is 14.7. The van der Waals surface area contributed by atoms with Crippen LogP contribution in [0.2, 0.25) is 0 Å². The van der Waals surface area contributed by atoms with Crippen molar-refractivity contribution in [2.24, 2.45) is 0 Å². The number of aliphatic hydroxyl groups excluding tert-OH is 3. The molecule has 0 aromatic rings. The average molecular weight is 508 g/mol. The fourth-order valence-electron chi connectivity index (χ4n) is 4.20. The highest BCUT2D eigenvalue weighted by molar-refractivity contribution is 5.76. The summed E-state index contributed by atoms with van der Waals surface area (Å²) in [5.41, 5.74) is 0. The number of hydrogen-bond acceptors (Lipinski definition) is 4. The van der Waals surface area contributed by atoms with Gasteiger partial charge in [0, 0.05) is 0 Å². The summed E-state index contributed by atoms with van der Waals surface area (Å²) in [6, 6.07) is -0.760. The molecule has 36 heavy (non-hydrogen) atoms. The molecule has 0 rings (SSSR count). The molecule has 5 nitrogen and oxygen atoms in total. The molecule has 210 valence electrons. The summed E-state index contributed by atoms with van der Waals surface area (Å²) in [5.74, 6) is -0.336. The first-order chi connectivity index (χ1) is 17.5. The van der Waals surface area contributed by atoms with Crippen molar-refractivity contribution in [2.45, 2.75) is 148 Å². The molecule has 0 saturated heterocycles. The van der Waals surface area contributed by atoms with Gasteiger partial charge in [-0.05, 0) is 39.0 Å². The summed E-state index contributed by atoms with van der Waals surface area (Å²) in [5, 5.41) is 32.7. The highest BCUT2D eigenvalue weighted by Gasteiger charge is 2.19. The molecule has 0 aliphatic heterocycles. The number of unbranched alkanes of at least 4 members (excludes halogenated alkanes) is 13. The van der Waals surface area contributed by atoms with E-state index in [1.54, 1.807) is 6.08 Å². The van der Waals surface area contributed by atoms with Gasteiger partial charge in [0.2, 0.25) is 5.91 Å². The van der Waals surface area contributed by atoms with Crippen molar-refractivity contribution in [3.63, 3.8) is 0 Å².